The molecule has 0 saturated carbocycles. The van der Waals surface area contributed by atoms with Gasteiger partial charge in [0.05, 0.1) is 11.8 Å². The van der Waals surface area contributed by atoms with Gasteiger partial charge in [0.15, 0.2) is 0 Å². The first-order valence-electron chi connectivity index (χ1n) is 5.80. The van der Waals surface area contributed by atoms with Crippen LogP contribution in [0.15, 0.2) is 30.3 Å². The summed E-state index contributed by atoms with van der Waals surface area (Å²) < 4.78 is 5.00. The van der Waals surface area contributed by atoms with Crippen LogP contribution in [-0.2, 0) is 25.7 Å². The van der Waals surface area contributed by atoms with Crippen LogP contribution in [0, 0.1) is 0 Å². The molecule has 0 unspecified atom stereocenters. The van der Waals surface area contributed by atoms with E-state index in [1.165, 1.54) is 0 Å². The molecule has 0 saturated heterocycles. The van der Waals surface area contributed by atoms with Crippen molar-refractivity contribution in [3.8, 4) is 0 Å². The number of carbonyl (C=O) groups is 3. The molecular weight excluding hydrogens is 330 g/mol. The van der Waals surface area contributed by atoms with Crippen molar-refractivity contribution in [1.29, 1.82) is 0 Å². The number of hydrogen-bond donors (Lipinski definition) is 2. The zero-order chi connectivity index (χ0) is 15.0. The number of esters is 1. The Kier molecular flexibility index (Phi) is 6.72. The number of carboxylic acid groups (broad SMARTS) is 1. The summed E-state index contributed by atoms with van der Waals surface area (Å²) in [6, 6.07) is 7.78. The van der Waals surface area contributed by atoms with Gasteiger partial charge in [-0.1, -0.05) is 46.3 Å². The topological polar surface area (TPSA) is 92.7 Å². The van der Waals surface area contributed by atoms with Gasteiger partial charge >= 0.3 is 11.9 Å². The summed E-state index contributed by atoms with van der Waals surface area (Å²) in [5, 5.41) is 11.0. The highest BCUT2D eigenvalue weighted by Crippen LogP contribution is 2.04. The third-order valence-corrected chi connectivity index (χ3v) is 2.85. The fourth-order valence-electron chi connectivity index (χ4n) is 1.43. The highest BCUT2D eigenvalue weighted by atomic mass is 79.9. The number of benzene rings is 1. The molecular formula is C13H14BrNO5. The molecule has 0 aliphatic rings. The number of aliphatic carboxylic acids is 1. The third kappa shape index (κ3) is 5.83. The number of alkyl halides is 1. The molecule has 6 nitrogen and oxygen atoms in total. The minimum atomic E-state index is -1.19. The molecule has 0 aromatic heterocycles. The summed E-state index contributed by atoms with van der Waals surface area (Å²) in [4.78, 5) is 33.7. The molecule has 7 heteroatoms. The second-order valence-corrected chi connectivity index (χ2v) is 4.51. The minimum Gasteiger partial charge on any atom is -0.481 e. The van der Waals surface area contributed by atoms with Gasteiger partial charge in [-0.05, 0) is 5.56 Å². The fourth-order valence-corrected chi connectivity index (χ4v) is 1.59. The van der Waals surface area contributed by atoms with Gasteiger partial charge in [0.1, 0.15) is 12.6 Å². The van der Waals surface area contributed by atoms with Crippen LogP contribution in [0.5, 0.6) is 0 Å². The molecule has 1 aromatic rings. The summed E-state index contributed by atoms with van der Waals surface area (Å²) in [5.41, 5.74) is 0.779. The summed E-state index contributed by atoms with van der Waals surface area (Å²) in [7, 11) is 0. The maximum Gasteiger partial charge on any atom is 0.329 e. The monoisotopic (exact) mass is 343 g/mol. The van der Waals surface area contributed by atoms with Crippen molar-refractivity contribution in [3.05, 3.63) is 35.9 Å². The molecule has 108 valence electrons. The van der Waals surface area contributed by atoms with E-state index in [0.717, 1.165) is 5.56 Å². The van der Waals surface area contributed by atoms with Gasteiger partial charge in [-0.2, -0.15) is 0 Å². The maximum atomic E-state index is 11.8. The van der Waals surface area contributed by atoms with Crippen molar-refractivity contribution < 1.29 is 24.2 Å². The number of carbonyl (C=O) groups excluding carboxylic acids is 2. The van der Waals surface area contributed by atoms with Gasteiger partial charge in [0, 0.05) is 0 Å². The normalized spacial score (nSPS) is 11.4. The van der Waals surface area contributed by atoms with Crippen LogP contribution in [0.4, 0.5) is 0 Å². The van der Waals surface area contributed by atoms with E-state index in [4.69, 9.17) is 9.84 Å². The Labute approximate surface area is 124 Å². The van der Waals surface area contributed by atoms with E-state index >= 15 is 0 Å². The van der Waals surface area contributed by atoms with Crippen molar-refractivity contribution in [1.82, 2.24) is 5.32 Å². The third-order valence-electron chi connectivity index (χ3n) is 2.34. The fraction of sp³-hybridized carbons (Fsp3) is 0.308. The van der Waals surface area contributed by atoms with E-state index in [1.54, 1.807) is 24.3 Å². The van der Waals surface area contributed by atoms with Crippen LogP contribution in [0.2, 0.25) is 0 Å². The lowest BCUT2D eigenvalue weighted by Gasteiger charge is -2.15. The summed E-state index contributed by atoms with van der Waals surface area (Å²) in [5.74, 6) is -2.44. The smallest absolute Gasteiger partial charge is 0.329 e. The van der Waals surface area contributed by atoms with Crippen molar-refractivity contribution in [2.75, 3.05) is 5.33 Å². The van der Waals surface area contributed by atoms with Gasteiger partial charge in [-0.25, -0.2) is 4.79 Å². The van der Waals surface area contributed by atoms with Gasteiger partial charge in [0.25, 0.3) is 0 Å². The molecule has 0 spiro atoms. The molecule has 0 aliphatic heterocycles. The van der Waals surface area contributed by atoms with Crippen LogP contribution < -0.4 is 5.32 Å². The summed E-state index contributed by atoms with van der Waals surface area (Å²) in [6.45, 7) is 0.0278. The van der Waals surface area contributed by atoms with Crippen molar-refractivity contribution >= 4 is 33.8 Å². The Balaban J connectivity index is 2.58. The minimum absolute atomic E-state index is 0.0188. The number of hydrogen-bond acceptors (Lipinski definition) is 4. The second kappa shape index (κ2) is 8.31. The molecule has 2 N–H and O–H groups in total. The number of ether oxygens (including phenoxy) is 1. The standard InChI is InChI=1S/C13H14BrNO5/c14-7-11(16)15-10(6-12(17)18)13(19)20-8-9-4-2-1-3-5-9/h1-5,10H,6-8H2,(H,15,16)(H,17,18)/t10-/m0/s1. The molecule has 1 atom stereocenters. The van der Waals surface area contributed by atoms with E-state index in [1.807, 2.05) is 6.07 Å². The van der Waals surface area contributed by atoms with Crippen molar-refractivity contribution in [2.24, 2.45) is 0 Å². The predicted octanol–water partition coefficient (Wildman–Crippen LogP) is 1.08. The molecule has 0 heterocycles. The highest BCUT2D eigenvalue weighted by Gasteiger charge is 2.24. The molecule has 0 radical (unpaired) electrons. The van der Waals surface area contributed by atoms with Crippen molar-refractivity contribution in [3.63, 3.8) is 0 Å². The Morgan fingerprint density at radius 1 is 1.25 bits per heavy atom. The number of amides is 1. The maximum absolute atomic E-state index is 11.8. The van der Waals surface area contributed by atoms with E-state index in [-0.39, 0.29) is 11.9 Å². The molecule has 1 amide bonds. The van der Waals surface area contributed by atoms with Gasteiger partial charge < -0.3 is 15.2 Å². The zero-order valence-electron chi connectivity index (χ0n) is 10.5. The average molecular weight is 344 g/mol. The molecule has 0 fully saturated rings. The first kappa shape index (κ1) is 16.2. The second-order valence-electron chi connectivity index (χ2n) is 3.94. The number of carboxylic acids is 1. The predicted molar refractivity (Wildman–Crippen MR) is 74.2 cm³/mol. The molecule has 1 aromatic carbocycles. The average Bonchev–Trinajstić information content (AvgIpc) is 2.44. The Morgan fingerprint density at radius 3 is 2.45 bits per heavy atom. The van der Waals surface area contributed by atoms with Gasteiger partial charge in [-0.3, -0.25) is 9.59 Å². The molecule has 20 heavy (non-hydrogen) atoms. The first-order chi connectivity index (χ1) is 9.52. The SMILES string of the molecule is O=C(O)C[C@H](NC(=O)CBr)C(=O)OCc1ccccc1. The summed E-state index contributed by atoms with van der Waals surface area (Å²) in [6.07, 6.45) is -0.521. The molecule has 0 bridgehead atoms. The first-order valence-corrected chi connectivity index (χ1v) is 6.92. The number of rotatable bonds is 7. The van der Waals surface area contributed by atoms with Crippen LogP contribution in [0.25, 0.3) is 0 Å². The van der Waals surface area contributed by atoms with Gasteiger partial charge in [0.2, 0.25) is 5.91 Å². The van der Waals surface area contributed by atoms with Crippen molar-refractivity contribution in [2.45, 2.75) is 19.1 Å². The Morgan fingerprint density at radius 2 is 1.90 bits per heavy atom. The van der Waals surface area contributed by atoms with E-state index in [2.05, 4.69) is 21.2 Å². The lowest BCUT2D eigenvalue weighted by atomic mass is 10.2. The van der Waals surface area contributed by atoms with Crippen LogP contribution >= 0.6 is 15.9 Å². The highest BCUT2D eigenvalue weighted by molar-refractivity contribution is 9.09. The van der Waals surface area contributed by atoms with Crippen LogP contribution in [-0.4, -0.2) is 34.3 Å². The molecule has 0 aliphatic carbocycles. The Hall–Kier alpha value is -1.89. The van der Waals surface area contributed by atoms with E-state index < -0.39 is 30.3 Å². The largest absolute Gasteiger partial charge is 0.481 e. The van der Waals surface area contributed by atoms with E-state index in [0.29, 0.717) is 0 Å². The van der Waals surface area contributed by atoms with Crippen LogP contribution in [0.3, 0.4) is 0 Å². The van der Waals surface area contributed by atoms with E-state index in [9.17, 15) is 14.4 Å². The van der Waals surface area contributed by atoms with Gasteiger partial charge in [-0.15, -0.1) is 0 Å². The molecule has 1 rings (SSSR count). The lowest BCUT2D eigenvalue weighted by molar-refractivity contribution is -0.152. The zero-order valence-corrected chi connectivity index (χ0v) is 12.1. The quantitative estimate of drug-likeness (QED) is 0.571. The summed E-state index contributed by atoms with van der Waals surface area (Å²) >= 11 is 2.92. The number of nitrogens with one attached hydrogen (secondary N) is 1. The lowest BCUT2D eigenvalue weighted by Crippen LogP contribution is -2.43. The Bertz CT molecular complexity index is 477. The number of halogens is 1. The van der Waals surface area contributed by atoms with Crippen LogP contribution in [0.1, 0.15) is 12.0 Å².